The van der Waals surface area contributed by atoms with Gasteiger partial charge in [0, 0.05) is 0 Å². The molecule has 0 N–H and O–H groups in total. The van der Waals surface area contributed by atoms with E-state index in [0.717, 1.165) is 0 Å². The fraction of sp³-hybridized carbons (Fsp3) is 1.00. The topological polar surface area (TPSA) is 3.24 Å². The summed E-state index contributed by atoms with van der Waals surface area (Å²) in [4.78, 5) is 2.45. The summed E-state index contributed by atoms with van der Waals surface area (Å²) in [5.41, 5.74) is 0. The van der Waals surface area contributed by atoms with Crippen LogP contribution in [0.15, 0.2) is 0 Å². The summed E-state index contributed by atoms with van der Waals surface area (Å²) < 4.78 is 0. The van der Waals surface area contributed by atoms with Crippen LogP contribution in [0.2, 0.25) is 0 Å². The molecule has 0 spiro atoms. The number of nitrogens with zero attached hydrogens (tertiary/aromatic N) is 1. The minimum Gasteiger partial charge on any atom is -0.306 e. The van der Waals surface area contributed by atoms with Gasteiger partial charge in [-0.3, -0.25) is 0 Å². The molecule has 0 unspecified atom stereocenters. The van der Waals surface area contributed by atoms with Gasteiger partial charge in [0.2, 0.25) is 0 Å². The van der Waals surface area contributed by atoms with Gasteiger partial charge in [-0.25, -0.2) is 0 Å². The quantitative estimate of drug-likeness (QED) is 0.479. The molecule has 0 aliphatic heterocycles. The van der Waals surface area contributed by atoms with Gasteiger partial charge in [0.15, 0.2) is 0 Å². The zero-order chi connectivity index (χ0) is 10.6. The summed E-state index contributed by atoms with van der Waals surface area (Å²) in [6, 6.07) is 0. The van der Waals surface area contributed by atoms with E-state index in [1.807, 2.05) is 0 Å². The average Bonchev–Trinajstić information content (AvgIpc) is 2.17. The molecule has 0 saturated carbocycles. The van der Waals surface area contributed by atoms with Crippen LogP contribution in [0.5, 0.6) is 0 Å². The average molecular weight is 199 g/mol. The molecule has 0 aliphatic carbocycles. The molecule has 0 heterocycles. The van der Waals surface area contributed by atoms with Crippen molar-refractivity contribution < 1.29 is 0 Å². The van der Waals surface area contributed by atoms with E-state index in [9.17, 15) is 0 Å². The van der Waals surface area contributed by atoms with E-state index in [0.29, 0.717) is 0 Å². The third-order valence-corrected chi connectivity index (χ3v) is 2.75. The van der Waals surface area contributed by atoms with Crippen LogP contribution in [0.3, 0.4) is 0 Å². The molecule has 0 fully saturated rings. The molecule has 0 aliphatic rings. The number of rotatable bonds is 10. The number of hydrogen-bond donors (Lipinski definition) is 0. The minimum atomic E-state index is 1.26. The van der Waals surface area contributed by atoms with E-state index in [4.69, 9.17) is 0 Å². The van der Waals surface area contributed by atoms with Gasteiger partial charge < -0.3 is 4.90 Å². The second-order valence-electron chi connectivity index (χ2n) is 4.42. The highest BCUT2D eigenvalue weighted by Crippen LogP contribution is 2.07. The van der Waals surface area contributed by atoms with Crippen molar-refractivity contribution in [2.24, 2.45) is 0 Å². The predicted molar refractivity (Wildman–Crippen MR) is 65.8 cm³/mol. The Morgan fingerprint density at radius 2 is 1.21 bits per heavy atom. The van der Waals surface area contributed by atoms with Gasteiger partial charge >= 0.3 is 0 Å². The monoisotopic (exact) mass is 199 g/mol. The molecule has 0 radical (unpaired) electrons. The third kappa shape index (κ3) is 10.0. The van der Waals surface area contributed by atoms with Crippen LogP contribution in [-0.2, 0) is 0 Å². The number of unbranched alkanes of at least 4 members (excludes halogenated alkanes) is 6. The third-order valence-electron chi connectivity index (χ3n) is 2.75. The lowest BCUT2D eigenvalue weighted by Crippen LogP contribution is -2.20. The van der Waals surface area contributed by atoms with Crippen molar-refractivity contribution in [3.63, 3.8) is 0 Å². The Morgan fingerprint density at radius 3 is 1.79 bits per heavy atom. The predicted octanol–water partition coefficient (Wildman–Crippen LogP) is 4.08. The summed E-state index contributed by atoms with van der Waals surface area (Å²) >= 11 is 0. The standard InChI is InChI=1S/C13H29N/c1-4-6-7-8-9-10-11-13-14(3)12-5-2/h4-13H2,1-3H3. The Labute approximate surface area is 90.9 Å². The second kappa shape index (κ2) is 11.0. The van der Waals surface area contributed by atoms with E-state index < -0.39 is 0 Å². The Kier molecular flexibility index (Phi) is 11.0. The molecular formula is C13H29N. The first-order valence-electron chi connectivity index (χ1n) is 6.49. The minimum absolute atomic E-state index is 1.26. The first kappa shape index (κ1) is 14.0. The van der Waals surface area contributed by atoms with Crippen molar-refractivity contribution in [2.75, 3.05) is 20.1 Å². The summed E-state index contributed by atoms with van der Waals surface area (Å²) in [6.07, 6.45) is 11.2. The first-order chi connectivity index (χ1) is 6.81. The molecule has 86 valence electrons. The van der Waals surface area contributed by atoms with Crippen LogP contribution in [0, 0.1) is 0 Å². The zero-order valence-corrected chi connectivity index (χ0v) is 10.5. The van der Waals surface area contributed by atoms with Crippen LogP contribution < -0.4 is 0 Å². The van der Waals surface area contributed by atoms with E-state index in [1.165, 1.54) is 64.5 Å². The zero-order valence-electron chi connectivity index (χ0n) is 10.5. The lowest BCUT2D eigenvalue weighted by molar-refractivity contribution is 0.324. The summed E-state index contributed by atoms with van der Waals surface area (Å²) in [5.74, 6) is 0. The summed E-state index contributed by atoms with van der Waals surface area (Å²) in [5, 5.41) is 0. The highest BCUT2D eigenvalue weighted by Gasteiger charge is 1.95. The second-order valence-corrected chi connectivity index (χ2v) is 4.42. The van der Waals surface area contributed by atoms with Crippen molar-refractivity contribution >= 4 is 0 Å². The van der Waals surface area contributed by atoms with Gasteiger partial charge in [-0.05, 0) is 33.0 Å². The molecule has 1 nitrogen and oxygen atoms in total. The van der Waals surface area contributed by atoms with E-state index >= 15 is 0 Å². The largest absolute Gasteiger partial charge is 0.306 e. The van der Waals surface area contributed by atoms with Crippen LogP contribution in [0.1, 0.15) is 65.2 Å². The van der Waals surface area contributed by atoms with Gasteiger partial charge in [-0.2, -0.15) is 0 Å². The van der Waals surface area contributed by atoms with Crippen LogP contribution in [0.25, 0.3) is 0 Å². The molecule has 1 heteroatoms. The van der Waals surface area contributed by atoms with Gasteiger partial charge in [0.25, 0.3) is 0 Å². The number of hydrogen-bond acceptors (Lipinski definition) is 1. The van der Waals surface area contributed by atoms with Crippen molar-refractivity contribution in [1.29, 1.82) is 0 Å². The molecule has 0 amide bonds. The lowest BCUT2D eigenvalue weighted by Gasteiger charge is -2.14. The van der Waals surface area contributed by atoms with Crippen LogP contribution >= 0.6 is 0 Å². The maximum absolute atomic E-state index is 2.45. The Bertz CT molecular complexity index is 101. The van der Waals surface area contributed by atoms with Crippen molar-refractivity contribution in [3.05, 3.63) is 0 Å². The van der Waals surface area contributed by atoms with Gasteiger partial charge in [0.05, 0.1) is 0 Å². The Balaban J connectivity index is 2.98. The Morgan fingerprint density at radius 1 is 0.643 bits per heavy atom. The molecule has 0 aromatic heterocycles. The molecule has 0 atom stereocenters. The van der Waals surface area contributed by atoms with Gasteiger partial charge in [-0.1, -0.05) is 52.4 Å². The molecular weight excluding hydrogens is 170 g/mol. The SMILES string of the molecule is CCCCCCCCCN(C)CCC. The molecule has 0 saturated heterocycles. The smallest absolute Gasteiger partial charge is 0.00218 e. The summed E-state index contributed by atoms with van der Waals surface area (Å²) in [6.45, 7) is 7.08. The van der Waals surface area contributed by atoms with E-state index in [1.54, 1.807) is 0 Å². The molecule has 0 aromatic rings. The molecule has 0 rings (SSSR count). The molecule has 0 bridgehead atoms. The fourth-order valence-electron chi connectivity index (χ4n) is 1.83. The lowest BCUT2D eigenvalue weighted by atomic mass is 10.1. The van der Waals surface area contributed by atoms with Gasteiger partial charge in [0.1, 0.15) is 0 Å². The summed E-state index contributed by atoms with van der Waals surface area (Å²) in [7, 11) is 2.24. The van der Waals surface area contributed by atoms with E-state index in [2.05, 4.69) is 25.8 Å². The highest BCUT2D eigenvalue weighted by atomic mass is 15.1. The fourth-order valence-corrected chi connectivity index (χ4v) is 1.83. The molecule has 14 heavy (non-hydrogen) atoms. The Hall–Kier alpha value is -0.0400. The van der Waals surface area contributed by atoms with Crippen molar-refractivity contribution in [3.8, 4) is 0 Å². The highest BCUT2D eigenvalue weighted by molar-refractivity contribution is 4.51. The van der Waals surface area contributed by atoms with Crippen LogP contribution in [0.4, 0.5) is 0 Å². The van der Waals surface area contributed by atoms with Crippen molar-refractivity contribution in [2.45, 2.75) is 65.2 Å². The first-order valence-corrected chi connectivity index (χ1v) is 6.49. The van der Waals surface area contributed by atoms with Crippen LogP contribution in [-0.4, -0.2) is 25.0 Å². The van der Waals surface area contributed by atoms with E-state index in [-0.39, 0.29) is 0 Å². The normalized spacial score (nSPS) is 11.1. The maximum atomic E-state index is 2.45. The maximum Gasteiger partial charge on any atom is -0.00218 e. The molecule has 0 aromatic carbocycles. The van der Waals surface area contributed by atoms with Crippen molar-refractivity contribution in [1.82, 2.24) is 4.90 Å². The van der Waals surface area contributed by atoms with Gasteiger partial charge in [-0.15, -0.1) is 0 Å².